The number of hydrogen-bond donors (Lipinski definition) is 0. The zero-order valence-corrected chi connectivity index (χ0v) is 8.87. The Morgan fingerprint density at radius 1 is 1.19 bits per heavy atom. The Morgan fingerprint density at radius 2 is 1.94 bits per heavy atom. The second kappa shape index (κ2) is 4.53. The molecule has 1 aromatic carbocycles. The molecular weight excluding hydrogens is 202 g/mol. The van der Waals surface area contributed by atoms with E-state index in [1.807, 2.05) is 30.3 Å². The van der Waals surface area contributed by atoms with Crippen molar-refractivity contribution in [3.8, 4) is 0 Å². The van der Waals surface area contributed by atoms with Gasteiger partial charge in [0.25, 0.3) is 5.91 Å². The molecule has 1 amide bonds. The fourth-order valence-corrected chi connectivity index (χ4v) is 1.35. The van der Waals surface area contributed by atoms with Crippen LogP contribution in [0.4, 0.5) is 5.69 Å². The van der Waals surface area contributed by atoms with Gasteiger partial charge < -0.3 is 4.90 Å². The highest BCUT2D eigenvalue weighted by molar-refractivity contribution is 6.04. The van der Waals surface area contributed by atoms with E-state index in [4.69, 9.17) is 0 Å². The van der Waals surface area contributed by atoms with Gasteiger partial charge in [0.1, 0.15) is 5.69 Å². The lowest BCUT2D eigenvalue weighted by Gasteiger charge is -2.16. The Morgan fingerprint density at radius 3 is 2.56 bits per heavy atom. The molecule has 0 N–H and O–H groups in total. The maximum atomic E-state index is 12.0. The largest absolute Gasteiger partial charge is 0.310 e. The number of carbonyl (C=O) groups is 1. The van der Waals surface area contributed by atoms with E-state index < -0.39 is 0 Å². The molecule has 0 fully saturated rings. The fraction of sp³-hybridized carbons (Fsp3) is 0.0833. The van der Waals surface area contributed by atoms with Crippen LogP contribution >= 0.6 is 0 Å². The van der Waals surface area contributed by atoms with E-state index in [1.165, 1.54) is 12.4 Å². The zero-order chi connectivity index (χ0) is 11.4. The number of carbonyl (C=O) groups excluding carboxylic acids is 1. The highest BCUT2D eigenvalue weighted by atomic mass is 16.2. The second-order valence-electron chi connectivity index (χ2n) is 3.29. The van der Waals surface area contributed by atoms with Crippen molar-refractivity contribution in [1.29, 1.82) is 0 Å². The molecule has 80 valence electrons. The predicted molar refractivity (Wildman–Crippen MR) is 61.2 cm³/mol. The molecule has 4 heteroatoms. The van der Waals surface area contributed by atoms with E-state index in [0.29, 0.717) is 5.69 Å². The third kappa shape index (κ3) is 2.06. The maximum Gasteiger partial charge on any atom is 0.278 e. The highest BCUT2D eigenvalue weighted by Crippen LogP contribution is 2.13. The number of amides is 1. The summed E-state index contributed by atoms with van der Waals surface area (Å²) in [5, 5.41) is 0. The van der Waals surface area contributed by atoms with Gasteiger partial charge in [-0.1, -0.05) is 18.2 Å². The van der Waals surface area contributed by atoms with Crippen molar-refractivity contribution in [3.63, 3.8) is 0 Å². The summed E-state index contributed by atoms with van der Waals surface area (Å²) in [5.41, 5.74) is 1.17. The van der Waals surface area contributed by atoms with Gasteiger partial charge in [-0.2, -0.15) is 0 Å². The van der Waals surface area contributed by atoms with Gasteiger partial charge in [0.2, 0.25) is 0 Å². The lowest BCUT2D eigenvalue weighted by atomic mass is 10.3. The summed E-state index contributed by atoms with van der Waals surface area (Å²) >= 11 is 0. The van der Waals surface area contributed by atoms with Crippen LogP contribution in [0.15, 0.2) is 48.9 Å². The summed E-state index contributed by atoms with van der Waals surface area (Å²) in [5.74, 6) is -0.167. The van der Waals surface area contributed by atoms with Crippen LogP contribution in [0.25, 0.3) is 0 Å². The number of hydrogen-bond acceptors (Lipinski definition) is 3. The minimum Gasteiger partial charge on any atom is -0.310 e. The van der Waals surface area contributed by atoms with Crippen molar-refractivity contribution in [2.24, 2.45) is 0 Å². The van der Waals surface area contributed by atoms with Crippen LogP contribution in [-0.2, 0) is 0 Å². The molecule has 0 unspecified atom stereocenters. The molecule has 0 aliphatic rings. The fourth-order valence-electron chi connectivity index (χ4n) is 1.35. The first-order valence-electron chi connectivity index (χ1n) is 4.88. The summed E-state index contributed by atoms with van der Waals surface area (Å²) in [7, 11) is 1.71. The first-order chi connectivity index (χ1) is 7.79. The van der Waals surface area contributed by atoms with Crippen molar-refractivity contribution in [3.05, 3.63) is 54.6 Å². The summed E-state index contributed by atoms with van der Waals surface area (Å²) in [6, 6.07) is 9.41. The smallest absolute Gasteiger partial charge is 0.278 e. The molecule has 1 aromatic heterocycles. The van der Waals surface area contributed by atoms with E-state index in [-0.39, 0.29) is 5.91 Å². The van der Waals surface area contributed by atoms with Gasteiger partial charge in [-0.15, -0.1) is 0 Å². The number of aromatic nitrogens is 2. The van der Waals surface area contributed by atoms with Gasteiger partial charge in [0.05, 0.1) is 6.20 Å². The quantitative estimate of drug-likeness (QED) is 0.763. The number of para-hydroxylation sites is 1. The van der Waals surface area contributed by atoms with Crippen LogP contribution in [0.5, 0.6) is 0 Å². The number of anilines is 1. The van der Waals surface area contributed by atoms with Crippen LogP contribution in [0.2, 0.25) is 0 Å². The van der Waals surface area contributed by atoms with Gasteiger partial charge >= 0.3 is 0 Å². The Hall–Kier alpha value is -2.23. The highest BCUT2D eigenvalue weighted by Gasteiger charge is 2.13. The molecule has 0 aliphatic carbocycles. The molecule has 0 spiro atoms. The summed E-state index contributed by atoms with van der Waals surface area (Å²) in [6.07, 6.45) is 4.51. The SMILES string of the molecule is CN(C(=O)c1cnccn1)c1ccccc1. The lowest BCUT2D eigenvalue weighted by molar-refractivity contribution is 0.0988. The average molecular weight is 213 g/mol. The summed E-state index contributed by atoms with van der Waals surface area (Å²) in [4.78, 5) is 21.4. The number of benzene rings is 1. The molecule has 0 aliphatic heterocycles. The molecule has 0 atom stereocenters. The van der Waals surface area contributed by atoms with E-state index >= 15 is 0 Å². The second-order valence-corrected chi connectivity index (χ2v) is 3.29. The zero-order valence-electron chi connectivity index (χ0n) is 8.87. The molecule has 2 aromatic rings. The van der Waals surface area contributed by atoms with E-state index in [0.717, 1.165) is 5.69 Å². The van der Waals surface area contributed by atoms with E-state index in [2.05, 4.69) is 9.97 Å². The summed E-state index contributed by atoms with van der Waals surface area (Å²) < 4.78 is 0. The molecule has 0 saturated carbocycles. The van der Waals surface area contributed by atoms with Gasteiger partial charge in [-0.05, 0) is 12.1 Å². The molecule has 16 heavy (non-hydrogen) atoms. The Balaban J connectivity index is 2.24. The van der Waals surface area contributed by atoms with Crippen molar-refractivity contribution in [2.45, 2.75) is 0 Å². The molecule has 0 bridgehead atoms. The molecule has 2 rings (SSSR count). The molecule has 4 nitrogen and oxygen atoms in total. The molecule has 0 radical (unpaired) electrons. The van der Waals surface area contributed by atoms with Crippen molar-refractivity contribution < 1.29 is 4.79 Å². The number of rotatable bonds is 2. The van der Waals surface area contributed by atoms with E-state index in [1.54, 1.807) is 18.1 Å². The first-order valence-corrected chi connectivity index (χ1v) is 4.88. The standard InChI is InChI=1S/C12H11N3O/c1-15(10-5-3-2-4-6-10)12(16)11-9-13-7-8-14-11/h2-9H,1H3. The third-order valence-corrected chi connectivity index (χ3v) is 2.23. The van der Waals surface area contributed by atoms with Crippen LogP contribution in [-0.4, -0.2) is 22.9 Å². The minimum absolute atomic E-state index is 0.167. The van der Waals surface area contributed by atoms with Crippen LogP contribution < -0.4 is 4.90 Å². The monoisotopic (exact) mass is 213 g/mol. The molecule has 0 saturated heterocycles. The normalized spacial score (nSPS) is 9.81. The minimum atomic E-state index is -0.167. The van der Waals surface area contributed by atoms with Crippen molar-refractivity contribution in [2.75, 3.05) is 11.9 Å². The topological polar surface area (TPSA) is 46.1 Å². The Kier molecular flexibility index (Phi) is 2.91. The van der Waals surface area contributed by atoms with Gasteiger partial charge in [-0.3, -0.25) is 9.78 Å². The van der Waals surface area contributed by atoms with Gasteiger partial charge in [-0.25, -0.2) is 4.98 Å². The third-order valence-electron chi connectivity index (χ3n) is 2.23. The maximum absolute atomic E-state index is 12.0. The Bertz CT molecular complexity index is 470. The van der Waals surface area contributed by atoms with Gasteiger partial charge in [0, 0.05) is 25.1 Å². The van der Waals surface area contributed by atoms with Gasteiger partial charge in [0.15, 0.2) is 0 Å². The van der Waals surface area contributed by atoms with E-state index in [9.17, 15) is 4.79 Å². The van der Waals surface area contributed by atoms with Crippen molar-refractivity contribution in [1.82, 2.24) is 9.97 Å². The summed E-state index contributed by atoms with van der Waals surface area (Å²) in [6.45, 7) is 0. The Labute approximate surface area is 93.6 Å². The average Bonchev–Trinajstić information content (AvgIpc) is 2.39. The van der Waals surface area contributed by atoms with Crippen molar-refractivity contribution >= 4 is 11.6 Å². The predicted octanol–water partition coefficient (Wildman–Crippen LogP) is 1.75. The first kappa shape index (κ1) is 10.3. The number of nitrogens with zero attached hydrogens (tertiary/aromatic N) is 3. The van der Waals surface area contributed by atoms with Crippen LogP contribution in [0.1, 0.15) is 10.5 Å². The van der Waals surface area contributed by atoms with Crippen LogP contribution in [0.3, 0.4) is 0 Å². The molecular formula is C12H11N3O. The lowest BCUT2D eigenvalue weighted by Crippen LogP contribution is -2.27. The van der Waals surface area contributed by atoms with Crippen LogP contribution in [0, 0.1) is 0 Å². The molecule has 1 heterocycles.